The van der Waals surface area contributed by atoms with Gasteiger partial charge in [0.05, 0.1) is 0 Å². The molecule has 3 nitrogen and oxygen atoms in total. The Morgan fingerprint density at radius 3 is 2.78 bits per heavy atom. The fraction of sp³-hybridized carbons (Fsp3) is 1.00. The molecule has 0 aliphatic heterocycles. The summed E-state index contributed by atoms with van der Waals surface area (Å²) in [5.74, 6) is 0.375. The van der Waals surface area contributed by atoms with Gasteiger partial charge in [0.2, 0.25) is 0 Å². The minimum absolute atomic E-state index is 0.192. The van der Waals surface area contributed by atoms with Crippen LogP contribution < -0.4 is 0 Å². The van der Waals surface area contributed by atoms with Crippen LogP contribution in [0.2, 0.25) is 5.82 Å². The number of methoxy groups -OCH3 is 1. The molecule has 0 aromatic heterocycles. The molecular formula is C5H11BO3. The van der Waals surface area contributed by atoms with Crippen LogP contribution in [0.3, 0.4) is 0 Å². The average Bonchev–Trinajstić information content (AvgIpc) is 2.63. The van der Waals surface area contributed by atoms with Crippen molar-refractivity contribution in [2.75, 3.05) is 13.9 Å². The minimum Gasteiger partial charge on any atom is -0.427 e. The zero-order valence-corrected chi connectivity index (χ0v) is 5.54. The molecule has 52 valence electrons. The Labute approximate surface area is 55.1 Å². The lowest BCUT2D eigenvalue weighted by Crippen LogP contribution is -2.19. The fourth-order valence-electron chi connectivity index (χ4n) is 0.655. The van der Waals surface area contributed by atoms with E-state index >= 15 is 0 Å². The Morgan fingerprint density at radius 1 is 1.67 bits per heavy atom. The molecule has 1 saturated carbocycles. The van der Waals surface area contributed by atoms with Crippen LogP contribution in [0.15, 0.2) is 0 Å². The van der Waals surface area contributed by atoms with Gasteiger partial charge in [-0.15, -0.1) is 0 Å². The Morgan fingerprint density at radius 2 is 2.33 bits per heavy atom. The van der Waals surface area contributed by atoms with E-state index in [4.69, 9.17) is 9.68 Å². The molecule has 1 N–H and O–H groups in total. The largest absolute Gasteiger partial charge is 0.459 e. The van der Waals surface area contributed by atoms with E-state index in [2.05, 4.69) is 4.74 Å². The third-order valence-electron chi connectivity index (χ3n) is 1.38. The standard InChI is InChI=1S/C5H11BO3/c1-8-4-9-6(7)5-2-3-5/h5,7H,2-4H2,1H3. The summed E-state index contributed by atoms with van der Waals surface area (Å²) in [4.78, 5) is 0. The van der Waals surface area contributed by atoms with Crippen molar-refractivity contribution < 1.29 is 14.4 Å². The van der Waals surface area contributed by atoms with E-state index in [9.17, 15) is 0 Å². The molecule has 1 fully saturated rings. The average molecular weight is 130 g/mol. The maximum absolute atomic E-state index is 9.02. The van der Waals surface area contributed by atoms with Gasteiger partial charge < -0.3 is 14.4 Å². The van der Waals surface area contributed by atoms with Gasteiger partial charge in [0.1, 0.15) is 6.79 Å². The Balaban J connectivity index is 1.96. The van der Waals surface area contributed by atoms with Crippen molar-refractivity contribution in [1.29, 1.82) is 0 Å². The predicted molar refractivity (Wildman–Crippen MR) is 33.9 cm³/mol. The highest BCUT2D eigenvalue weighted by molar-refractivity contribution is 6.45. The van der Waals surface area contributed by atoms with Crippen LogP contribution in [-0.4, -0.2) is 26.0 Å². The first kappa shape index (κ1) is 7.06. The quantitative estimate of drug-likeness (QED) is 0.437. The summed E-state index contributed by atoms with van der Waals surface area (Å²) in [6.07, 6.45) is 2.18. The highest BCUT2D eigenvalue weighted by atomic mass is 16.7. The molecule has 0 aromatic carbocycles. The van der Waals surface area contributed by atoms with E-state index in [0.29, 0.717) is 5.82 Å². The Kier molecular flexibility index (Phi) is 2.51. The van der Waals surface area contributed by atoms with Gasteiger partial charge in [-0.3, -0.25) is 0 Å². The lowest BCUT2D eigenvalue weighted by Gasteiger charge is -2.03. The normalized spacial score (nSPS) is 18.0. The lowest BCUT2D eigenvalue weighted by molar-refractivity contribution is 0.0357. The number of rotatable bonds is 4. The van der Waals surface area contributed by atoms with Crippen molar-refractivity contribution in [2.45, 2.75) is 18.7 Å². The second kappa shape index (κ2) is 3.20. The summed E-state index contributed by atoms with van der Waals surface area (Å²) >= 11 is 0. The Hall–Kier alpha value is -0.0551. The van der Waals surface area contributed by atoms with Gasteiger partial charge in [0, 0.05) is 7.11 Å². The Bertz CT molecular complexity index is 84.3. The summed E-state index contributed by atoms with van der Waals surface area (Å²) in [6, 6.07) is 0. The molecule has 0 aromatic rings. The van der Waals surface area contributed by atoms with Crippen LogP contribution >= 0.6 is 0 Å². The first-order chi connectivity index (χ1) is 4.34. The molecule has 0 saturated heterocycles. The molecule has 1 aliphatic rings. The lowest BCUT2D eigenvalue weighted by atomic mass is 9.83. The molecule has 1 rings (SSSR count). The zero-order chi connectivity index (χ0) is 6.69. The highest BCUT2D eigenvalue weighted by Gasteiger charge is 2.35. The van der Waals surface area contributed by atoms with Crippen LogP contribution in [-0.2, 0) is 9.39 Å². The van der Waals surface area contributed by atoms with E-state index in [1.807, 2.05) is 0 Å². The van der Waals surface area contributed by atoms with Gasteiger partial charge in [0.15, 0.2) is 0 Å². The number of ether oxygens (including phenoxy) is 1. The first-order valence-electron chi connectivity index (χ1n) is 3.13. The fourth-order valence-corrected chi connectivity index (χ4v) is 0.655. The molecule has 1 aliphatic carbocycles. The molecule has 0 atom stereocenters. The topological polar surface area (TPSA) is 38.7 Å². The van der Waals surface area contributed by atoms with E-state index in [1.54, 1.807) is 7.11 Å². The summed E-state index contributed by atoms with van der Waals surface area (Å²) in [5, 5.41) is 9.02. The second-order valence-corrected chi connectivity index (χ2v) is 2.30. The van der Waals surface area contributed by atoms with Gasteiger partial charge in [0.25, 0.3) is 0 Å². The summed E-state index contributed by atoms with van der Waals surface area (Å²) in [7, 11) is 0.949. The summed E-state index contributed by atoms with van der Waals surface area (Å²) in [5.41, 5.74) is 0. The van der Waals surface area contributed by atoms with Gasteiger partial charge >= 0.3 is 7.12 Å². The van der Waals surface area contributed by atoms with Crippen molar-refractivity contribution in [3.63, 3.8) is 0 Å². The molecule has 9 heavy (non-hydrogen) atoms. The van der Waals surface area contributed by atoms with Gasteiger partial charge in [-0.1, -0.05) is 12.8 Å². The van der Waals surface area contributed by atoms with Crippen LogP contribution in [0.4, 0.5) is 0 Å². The van der Waals surface area contributed by atoms with Crippen LogP contribution in [0.5, 0.6) is 0 Å². The molecule has 0 amide bonds. The van der Waals surface area contributed by atoms with E-state index in [0.717, 1.165) is 12.8 Å². The number of hydrogen-bond acceptors (Lipinski definition) is 3. The van der Waals surface area contributed by atoms with Gasteiger partial charge in [-0.25, -0.2) is 0 Å². The SMILES string of the molecule is COCOB(O)C1CC1. The maximum atomic E-state index is 9.02. The van der Waals surface area contributed by atoms with E-state index in [1.165, 1.54) is 0 Å². The smallest absolute Gasteiger partial charge is 0.427 e. The van der Waals surface area contributed by atoms with Crippen LogP contribution in [0.1, 0.15) is 12.8 Å². The molecule has 0 heterocycles. The monoisotopic (exact) mass is 130 g/mol. The van der Waals surface area contributed by atoms with Crippen molar-refractivity contribution >= 4 is 7.12 Å². The number of hydrogen-bond donors (Lipinski definition) is 1. The van der Waals surface area contributed by atoms with Crippen molar-refractivity contribution in [1.82, 2.24) is 0 Å². The summed E-state index contributed by atoms with van der Waals surface area (Å²) < 4.78 is 9.46. The second-order valence-electron chi connectivity index (χ2n) is 2.30. The molecule has 0 unspecified atom stereocenters. The molecule has 4 heteroatoms. The predicted octanol–water partition coefficient (Wildman–Crippen LogP) is 0.251. The molecule has 0 radical (unpaired) electrons. The third kappa shape index (κ3) is 2.34. The van der Waals surface area contributed by atoms with Gasteiger partial charge in [-0.05, 0) is 5.82 Å². The van der Waals surface area contributed by atoms with Gasteiger partial charge in [-0.2, -0.15) is 0 Å². The van der Waals surface area contributed by atoms with E-state index in [-0.39, 0.29) is 6.79 Å². The maximum Gasteiger partial charge on any atom is 0.459 e. The third-order valence-corrected chi connectivity index (χ3v) is 1.38. The van der Waals surface area contributed by atoms with Crippen molar-refractivity contribution in [2.24, 2.45) is 0 Å². The molecular weight excluding hydrogens is 119 g/mol. The highest BCUT2D eigenvalue weighted by Crippen LogP contribution is 2.38. The minimum atomic E-state index is -0.593. The molecule has 0 spiro atoms. The summed E-state index contributed by atoms with van der Waals surface area (Å²) in [6.45, 7) is 0.192. The van der Waals surface area contributed by atoms with Crippen molar-refractivity contribution in [3.05, 3.63) is 0 Å². The zero-order valence-electron chi connectivity index (χ0n) is 5.54. The van der Waals surface area contributed by atoms with Crippen LogP contribution in [0, 0.1) is 0 Å². The van der Waals surface area contributed by atoms with E-state index < -0.39 is 7.12 Å². The first-order valence-corrected chi connectivity index (χ1v) is 3.13. The van der Waals surface area contributed by atoms with Crippen LogP contribution in [0.25, 0.3) is 0 Å². The van der Waals surface area contributed by atoms with Crippen molar-refractivity contribution in [3.8, 4) is 0 Å². The molecule has 0 bridgehead atoms.